The van der Waals surface area contributed by atoms with E-state index in [1.54, 1.807) is 0 Å². The fourth-order valence-corrected chi connectivity index (χ4v) is 1.24. The first kappa shape index (κ1) is 13.2. The summed E-state index contributed by atoms with van der Waals surface area (Å²) in [6, 6.07) is 0. The monoisotopic (exact) mass is 197 g/mol. The quantitative estimate of drug-likeness (QED) is 0.470. The number of rotatable bonds is 8. The van der Waals surface area contributed by atoms with Gasteiger partial charge in [0.05, 0.1) is 0 Å². The Morgan fingerprint density at radius 2 is 1.86 bits per heavy atom. The topological polar surface area (TPSA) is 29.1 Å². The van der Waals surface area contributed by atoms with Crippen molar-refractivity contribution in [2.75, 3.05) is 6.54 Å². The smallest absolute Gasteiger partial charge is 0.246 e. The maximum Gasteiger partial charge on any atom is 0.246 e. The molecule has 0 radical (unpaired) electrons. The Kier molecular flexibility index (Phi) is 8.30. The van der Waals surface area contributed by atoms with Crippen LogP contribution >= 0.6 is 0 Å². The molecular formula is C12H23NO. The summed E-state index contributed by atoms with van der Waals surface area (Å²) >= 11 is 0. The van der Waals surface area contributed by atoms with Gasteiger partial charge in [0.1, 0.15) is 0 Å². The molecule has 0 atom stereocenters. The van der Waals surface area contributed by atoms with Crippen LogP contribution in [-0.4, -0.2) is 12.5 Å². The normalized spacial score (nSPS) is 9.86. The zero-order valence-electron chi connectivity index (χ0n) is 9.57. The summed E-state index contributed by atoms with van der Waals surface area (Å²) < 4.78 is 0. The van der Waals surface area contributed by atoms with Crippen LogP contribution in [0, 0.1) is 0 Å². The Balaban J connectivity index is 3.47. The number of carbonyl (C=O) groups is 1. The summed E-state index contributed by atoms with van der Waals surface area (Å²) in [6.07, 6.45) is 6.60. The van der Waals surface area contributed by atoms with Crippen molar-refractivity contribution in [2.45, 2.75) is 52.4 Å². The highest BCUT2D eigenvalue weighted by Gasteiger charge is 2.04. The zero-order valence-corrected chi connectivity index (χ0v) is 9.57. The van der Waals surface area contributed by atoms with Crippen LogP contribution in [0.5, 0.6) is 0 Å². The molecule has 0 heterocycles. The highest BCUT2D eigenvalue weighted by molar-refractivity contribution is 5.92. The van der Waals surface area contributed by atoms with Gasteiger partial charge < -0.3 is 5.32 Å². The molecule has 0 saturated carbocycles. The summed E-state index contributed by atoms with van der Waals surface area (Å²) in [5.41, 5.74) is 0.731. The van der Waals surface area contributed by atoms with E-state index in [1.165, 1.54) is 19.3 Å². The number of hydrogen-bond acceptors (Lipinski definition) is 1. The Labute approximate surface area is 87.8 Å². The minimum absolute atomic E-state index is 0.0309. The van der Waals surface area contributed by atoms with Gasteiger partial charge in [0.25, 0.3) is 0 Å². The predicted octanol–water partition coefficient (Wildman–Crippen LogP) is 3.04. The minimum atomic E-state index is 0.0309. The molecule has 0 fully saturated rings. The van der Waals surface area contributed by atoms with Crippen molar-refractivity contribution in [3.8, 4) is 0 Å². The first-order valence-electron chi connectivity index (χ1n) is 5.68. The van der Waals surface area contributed by atoms with E-state index in [1.807, 2.05) is 6.92 Å². The molecule has 0 aliphatic rings. The number of amides is 1. The van der Waals surface area contributed by atoms with Gasteiger partial charge in [-0.3, -0.25) is 4.79 Å². The molecule has 0 aliphatic heterocycles. The van der Waals surface area contributed by atoms with Gasteiger partial charge in [-0.05, 0) is 19.3 Å². The third kappa shape index (κ3) is 6.70. The van der Waals surface area contributed by atoms with Crippen LogP contribution in [0.25, 0.3) is 0 Å². The van der Waals surface area contributed by atoms with E-state index in [2.05, 4.69) is 18.8 Å². The summed E-state index contributed by atoms with van der Waals surface area (Å²) in [5.74, 6) is 0.0309. The predicted molar refractivity (Wildman–Crippen MR) is 61.2 cm³/mol. The minimum Gasteiger partial charge on any atom is -0.352 e. The first-order chi connectivity index (χ1) is 6.72. The van der Waals surface area contributed by atoms with Gasteiger partial charge in [-0.25, -0.2) is 0 Å². The van der Waals surface area contributed by atoms with Crippen LogP contribution in [0.2, 0.25) is 0 Å². The Hall–Kier alpha value is -0.790. The van der Waals surface area contributed by atoms with Crippen molar-refractivity contribution in [2.24, 2.45) is 0 Å². The van der Waals surface area contributed by atoms with E-state index in [-0.39, 0.29) is 5.91 Å². The van der Waals surface area contributed by atoms with Crippen LogP contribution in [-0.2, 0) is 4.79 Å². The second-order valence-corrected chi connectivity index (χ2v) is 3.67. The van der Waals surface area contributed by atoms with E-state index >= 15 is 0 Å². The van der Waals surface area contributed by atoms with E-state index in [9.17, 15) is 4.79 Å². The van der Waals surface area contributed by atoms with Crippen molar-refractivity contribution in [3.05, 3.63) is 12.2 Å². The number of hydrogen-bond donors (Lipinski definition) is 1. The molecule has 14 heavy (non-hydrogen) atoms. The summed E-state index contributed by atoms with van der Waals surface area (Å²) in [5, 5.41) is 2.83. The molecule has 0 aromatic heterocycles. The first-order valence-corrected chi connectivity index (χ1v) is 5.68. The van der Waals surface area contributed by atoms with Crippen LogP contribution in [0.4, 0.5) is 0 Å². The standard InChI is InChI=1S/C12H23NO/c1-4-6-7-8-9-11(3)12(14)13-10-5-2/h3-10H2,1-2H3,(H,13,14). The summed E-state index contributed by atoms with van der Waals surface area (Å²) in [4.78, 5) is 11.4. The third-order valence-electron chi connectivity index (χ3n) is 2.19. The largest absolute Gasteiger partial charge is 0.352 e. The molecule has 2 nitrogen and oxygen atoms in total. The molecule has 1 amide bonds. The van der Waals surface area contributed by atoms with E-state index in [0.717, 1.165) is 31.4 Å². The molecule has 0 aromatic carbocycles. The third-order valence-corrected chi connectivity index (χ3v) is 2.19. The van der Waals surface area contributed by atoms with Gasteiger partial charge in [-0.15, -0.1) is 0 Å². The van der Waals surface area contributed by atoms with Crippen molar-refractivity contribution in [3.63, 3.8) is 0 Å². The lowest BCUT2D eigenvalue weighted by Gasteiger charge is -2.05. The van der Waals surface area contributed by atoms with E-state index in [4.69, 9.17) is 0 Å². The van der Waals surface area contributed by atoms with Gasteiger partial charge in [0.15, 0.2) is 0 Å². The number of carbonyl (C=O) groups excluding carboxylic acids is 1. The molecule has 82 valence electrons. The molecule has 0 saturated heterocycles. The lowest BCUT2D eigenvalue weighted by Crippen LogP contribution is -2.25. The molecule has 0 spiro atoms. The van der Waals surface area contributed by atoms with Gasteiger partial charge in [0.2, 0.25) is 5.91 Å². The van der Waals surface area contributed by atoms with Crippen LogP contribution in [0.3, 0.4) is 0 Å². The molecular weight excluding hydrogens is 174 g/mol. The van der Waals surface area contributed by atoms with Crippen LogP contribution < -0.4 is 5.32 Å². The van der Waals surface area contributed by atoms with Gasteiger partial charge >= 0.3 is 0 Å². The lowest BCUT2D eigenvalue weighted by atomic mass is 10.1. The fourth-order valence-electron chi connectivity index (χ4n) is 1.24. The Morgan fingerprint density at radius 1 is 1.14 bits per heavy atom. The van der Waals surface area contributed by atoms with Crippen LogP contribution in [0.15, 0.2) is 12.2 Å². The van der Waals surface area contributed by atoms with Crippen LogP contribution in [0.1, 0.15) is 52.4 Å². The average molecular weight is 197 g/mol. The molecule has 0 aliphatic carbocycles. The van der Waals surface area contributed by atoms with Crippen molar-refractivity contribution < 1.29 is 4.79 Å². The van der Waals surface area contributed by atoms with E-state index in [0.29, 0.717) is 0 Å². The highest BCUT2D eigenvalue weighted by Crippen LogP contribution is 2.08. The van der Waals surface area contributed by atoms with Gasteiger partial charge in [-0.1, -0.05) is 39.7 Å². The number of unbranched alkanes of at least 4 members (excludes halogenated alkanes) is 3. The van der Waals surface area contributed by atoms with Gasteiger partial charge in [0, 0.05) is 12.1 Å². The van der Waals surface area contributed by atoms with Gasteiger partial charge in [-0.2, -0.15) is 0 Å². The SMILES string of the molecule is C=C(CCCCCC)C(=O)NCCC. The van der Waals surface area contributed by atoms with E-state index < -0.39 is 0 Å². The second kappa shape index (κ2) is 8.79. The number of nitrogens with one attached hydrogen (secondary N) is 1. The average Bonchev–Trinajstić information content (AvgIpc) is 2.20. The summed E-state index contributed by atoms with van der Waals surface area (Å²) in [6.45, 7) is 8.78. The maximum absolute atomic E-state index is 11.4. The van der Waals surface area contributed by atoms with Crippen molar-refractivity contribution >= 4 is 5.91 Å². The summed E-state index contributed by atoms with van der Waals surface area (Å²) in [7, 11) is 0. The lowest BCUT2D eigenvalue weighted by molar-refractivity contribution is -0.117. The maximum atomic E-state index is 11.4. The molecule has 2 heteroatoms. The Morgan fingerprint density at radius 3 is 2.43 bits per heavy atom. The highest BCUT2D eigenvalue weighted by atomic mass is 16.1. The fraction of sp³-hybridized carbons (Fsp3) is 0.750. The van der Waals surface area contributed by atoms with Crippen molar-refractivity contribution in [1.82, 2.24) is 5.32 Å². The molecule has 0 bridgehead atoms. The van der Waals surface area contributed by atoms with Crippen molar-refractivity contribution in [1.29, 1.82) is 0 Å². The molecule has 0 rings (SSSR count). The Bertz CT molecular complexity index is 175. The molecule has 0 unspecified atom stereocenters. The molecule has 1 N–H and O–H groups in total. The molecule has 0 aromatic rings. The zero-order chi connectivity index (χ0) is 10.8. The second-order valence-electron chi connectivity index (χ2n) is 3.67.